The Bertz CT molecular complexity index is 2350. The Morgan fingerprint density at radius 1 is 0.392 bits per heavy atom. The maximum Gasteiger partial charge on any atom is 0.201 e. The molecule has 0 bridgehead atoms. The van der Waals surface area contributed by atoms with Crippen LogP contribution in [-0.4, -0.2) is 9.97 Å². The van der Waals surface area contributed by atoms with Gasteiger partial charge in [-0.05, 0) is 97.5 Å². The summed E-state index contributed by atoms with van der Waals surface area (Å²) in [6, 6.07) is 45.3. The van der Waals surface area contributed by atoms with Gasteiger partial charge in [-0.25, -0.2) is 9.97 Å². The van der Waals surface area contributed by atoms with Gasteiger partial charge in [0.15, 0.2) is 0 Å². The maximum atomic E-state index is 6.10. The Morgan fingerprint density at radius 2 is 0.784 bits per heavy atom. The zero-order chi connectivity index (χ0) is 32.6. The van der Waals surface area contributed by atoms with Crippen LogP contribution in [0.4, 0.5) is 22.7 Å². The lowest BCUT2D eigenvalue weighted by Gasteiger charge is -2.18. The molecule has 6 aromatic carbocycles. The van der Waals surface area contributed by atoms with E-state index in [0.717, 1.165) is 87.7 Å². The van der Waals surface area contributed by atoms with Crippen molar-refractivity contribution in [1.29, 1.82) is 0 Å². The fraction of sp³-hybridized carbons (Fsp3) is 0.116. The Morgan fingerprint density at radius 3 is 1.27 bits per heavy atom. The molecule has 1 aliphatic heterocycles. The zero-order valence-electron chi connectivity index (χ0n) is 27.8. The highest BCUT2D eigenvalue weighted by Gasteiger charge is 2.18. The van der Waals surface area contributed by atoms with E-state index in [1.807, 2.05) is 48.5 Å². The SMILES string of the molecule is Cl.Cl.c1ccc2c(c1)Nc1cccc3nc4ccccc4c(c13)CCCCCc1c3ccccc3nc3cccc(c13)Nc1ccccc1OO2. The van der Waals surface area contributed by atoms with Crippen LogP contribution >= 0.6 is 24.8 Å². The van der Waals surface area contributed by atoms with Crippen LogP contribution in [0.1, 0.15) is 30.4 Å². The molecule has 8 heteroatoms. The molecule has 6 nitrogen and oxygen atoms in total. The number of nitrogens with zero attached hydrogens (tertiary/aromatic N) is 2. The average Bonchev–Trinajstić information content (AvgIpc) is 3.14. The van der Waals surface area contributed by atoms with E-state index in [4.69, 9.17) is 19.7 Å². The topological polar surface area (TPSA) is 68.3 Å². The standard InChI is InChI=1S/C43H34N4O2.2ClH/c1-2-16-30-28-14-4-6-18-32(28)44-36-22-12-24-38(42(30)36)46-34-20-8-10-26-40(34)48-49-41-27-11-9-21-35(41)47-39-25-13-23-37-43(39)31(17-3-1)29-15-5-7-19-33(29)45-37;;/h4-15,18-27,46-47H,1-3,16-17H2;2*1H. The normalized spacial score (nSPS) is 13.0. The molecule has 0 aliphatic carbocycles. The monoisotopic (exact) mass is 710 g/mol. The lowest BCUT2D eigenvalue weighted by Crippen LogP contribution is -2.06. The quantitative estimate of drug-likeness (QED) is 0.121. The number of aryl methyl sites for hydroxylation is 2. The fourth-order valence-corrected chi connectivity index (χ4v) is 7.26. The first kappa shape index (κ1) is 33.9. The summed E-state index contributed by atoms with van der Waals surface area (Å²) in [7, 11) is 0. The van der Waals surface area contributed by atoms with E-state index >= 15 is 0 Å². The molecule has 0 saturated carbocycles. The van der Waals surface area contributed by atoms with Gasteiger partial charge in [-0.2, -0.15) is 0 Å². The van der Waals surface area contributed by atoms with Crippen molar-refractivity contribution in [2.24, 2.45) is 0 Å². The van der Waals surface area contributed by atoms with E-state index < -0.39 is 0 Å². The fourth-order valence-electron chi connectivity index (χ4n) is 7.26. The van der Waals surface area contributed by atoms with Crippen LogP contribution in [-0.2, 0) is 12.8 Å². The second kappa shape index (κ2) is 14.7. The number of nitrogens with one attached hydrogen (secondary N) is 2. The van der Waals surface area contributed by atoms with Crippen LogP contribution in [0.3, 0.4) is 0 Å². The van der Waals surface area contributed by atoms with Crippen LogP contribution < -0.4 is 20.4 Å². The molecule has 51 heavy (non-hydrogen) atoms. The Labute approximate surface area is 308 Å². The van der Waals surface area contributed by atoms with Gasteiger partial charge in [-0.15, -0.1) is 24.8 Å². The maximum absolute atomic E-state index is 6.10. The predicted molar refractivity (Wildman–Crippen MR) is 215 cm³/mol. The van der Waals surface area contributed by atoms with Crippen LogP contribution in [0.25, 0.3) is 43.6 Å². The molecule has 1 aliphatic rings. The number of halogens is 2. The smallest absolute Gasteiger partial charge is 0.201 e. The first-order chi connectivity index (χ1) is 24.3. The number of pyridine rings is 2. The number of anilines is 4. The minimum absolute atomic E-state index is 0. The second-order valence-electron chi connectivity index (χ2n) is 12.6. The van der Waals surface area contributed by atoms with Gasteiger partial charge in [0.2, 0.25) is 11.5 Å². The third kappa shape index (κ3) is 6.45. The van der Waals surface area contributed by atoms with Crippen molar-refractivity contribution in [3.05, 3.63) is 145 Å². The third-order valence-corrected chi connectivity index (χ3v) is 9.52. The molecular weight excluding hydrogens is 675 g/mol. The second-order valence-corrected chi connectivity index (χ2v) is 12.6. The van der Waals surface area contributed by atoms with Gasteiger partial charge in [0.1, 0.15) is 0 Å². The van der Waals surface area contributed by atoms with Crippen LogP contribution in [0, 0.1) is 0 Å². The number of rotatable bonds is 0. The van der Waals surface area contributed by atoms with Gasteiger partial charge in [0.25, 0.3) is 0 Å². The minimum Gasteiger partial charge on any atom is -0.352 e. The molecule has 0 fully saturated rings. The Kier molecular flexibility index (Phi) is 9.80. The van der Waals surface area contributed by atoms with Crippen molar-refractivity contribution in [1.82, 2.24) is 9.97 Å². The van der Waals surface area contributed by atoms with E-state index in [2.05, 4.69) is 95.6 Å². The van der Waals surface area contributed by atoms with Gasteiger partial charge in [0, 0.05) is 32.9 Å². The lowest BCUT2D eigenvalue weighted by molar-refractivity contribution is -0.0984. The van der Waals surface area contributed by atoms with Crippen LogP contribution in [0.15, 0.2) is 133 Å². The molecule has 0 atom stereocenters. The first-order valence-electron chi connectivity index (χ1n) is 17.0. The summed E-state index contributed by atoms with van der Waals surface area (Å²) in [5.41, 5.74) is 10.2. The van der Waals surface area contributed by atoms with Crippen molar-refractivity contribution < 1.29 is 9.78 Å². The van der Waals surface area contributed by atoms with Crippen molar-refractivity contribution >= 4 is 91.2 Å². The van der Waals surface area contributed by atoms with E-state index in [-0.39, 0.29) is 24.8 Å². The molecule has 9 rings (SSSR count). The number of hydrogen-bond acceptors (Lipinski definition) is 6. The van der Waals surface area contributed by atoms with E-state index in [0.29, 0.717) is 11.5 Å². The summed E-state index contributed by atoms with van der Waals surface area (Å²) in [6.45, 7) is 0. The third-order valence-electron chi connectivity index (χ3n) is 9.52. The summed E-state index contributed by atoms with van der Waals surface area (Å²) in [5.74, 6) is 1.15. The number of fused-ring (bicyclic) bond motifs is 6. The number of para-hydroxylation sites is 6. The van der Waals surface area contributed by atoms with Crippen LogP contribution in [0.5, 0.6) is 11.5 Å². The number of benzene rings is 6. The molecule has 254 valence electrons. The number of hydrogen-bond donors (Lipinski definition) is 2. The summed E-state index contributed by atoms with van der Waals surface area (Å²) in [6.07, 6.45) is 5.10. The lowest BCUT2D eigenvalue weighted by atomic mass is 9.94. The molecule has 2 N–H and O–H groups in total. The van der Waals surface area contributed by atoms with Gasteiger partial charge in [-0.3, -0.25) is 9.78 Å². The molecule has 2 aromatic heterocycles. The Balaban J connectivity index is 0.00000203. The molecule has 3 heterocycles. The number of aromatic nitrogens is 2. The van der Waals surface area contributed by atoms with Crippen molar-refractivity contribution in [2.45, 2.75) is 32.1 Å². The van der Waals surface area contributed by atoms with Gasteiger partial charge >= 0.3 is 0 Å². The van der Waals surface area contributed by atoms with Crippen molar-refractivity contribution in [3.63, 3.8) is 0 Å². The summed E-state index contributed by atoms with van der Waals surface area (Å²) in [4.78, 5) is 22.4. The molecule has 8 aromatic rings. The van der Waals surface area contributed by atoms with Crippen molar-refractivity contribution in [2.75, 3.05) is 10.6 Å². The van der Waals surface area contributed by atoms with E-state index in [1.54, 1.807) is 0 Å². The minimum atomic E-state index is 0. The highest BCUT2D eigenvalue weighted by atomic mass is 35.5. The van der Waals surface area contributed by atoms with E-state index in [9.17, 15) is 0 Å². The zero-order valence-corrected chi connectivity index (χ0v) is 29.4. The van der Waals surface area contributed by atoms with Crippen molar-refractivity contribution in [3.8, 4) is 11.5 Å². The first-order valence-corrected chi connectivity index (χ1v) is 17.0. The van der Waals surface area contributed by atoms with E-state index in [1.165, 1.54) is 21.9 Å². The van der Waals surface area contributed by atoms with Crippen LogP contribution in [0.2, 0.25) is 0 Å². The molecule has 0 unspecified atom stereocenters. The summed E-state index contributed by atoms with van der Waals surface area (Å²) < 4.78 is 0. The summed E-state index contributed by atoms with van der Waals surface area (Å²) in [5, 5.41) is 12.0. The largest absolute Gasteiger partial charge is 0.352 e. The highest BCUT2D eigenvalue weighted by molar-refractivity contribution is 6.06. The van der Waals surface area contributed by atoms with Gasteiger partial charge in [0.05, 0.1) is 33.4 Å². The molecule has 0 spiro atoms. The molecule has 0 saturated heterocycles. The molecular formula is C43H36Cl2N4O2. The Hall–Kier alpha value is -5.56. The average molecular weight is 712 g/mol. The highest BCUT2D eigenvalue weighted by Crippen LogP contribution is 2.39. The predicted octanol–water partition coefficient (Wildman–Crippen LogP) is 12.1. The van der Waals surface area contributed by atoms with Gasteiger partial charge < -0.3 is 10.6 Å². The molecule has 0 radical (unpaired) electrons. The summed E-state index contributed by atoms with van der Waals surface area (Å²) >= 11 is 0. The van der Waals surface area contributed by atoms with Gasteiger partial charge in [-0.1, -0.05) is 79.2 Å². The molecule has 0 amide bonds.